The Morgan fingerprint density at radius 1 is 0.436 bits per heavy atom. The van der Waals surface area contributed by atoms with Crippen LogP contribution < -0.4 is 0 Å². The van der Waals surface area contributed by atoms with Crippen LogP contribution in [-0.2, 0) is 0 Å². The second-order valence-corrected chi connectivity index (χ2v) is 14.1. The summed E-state index contributed by atoms with van der Waals surface area (Å²) in [6, 6.07) is 34.7. The second-order valence-electron chi connectivity index (χ2n) is 13.1. The minimum Gasteiger partial charge on any atom is -0.290 e. The minimum absolute atomic E-state index is 0.405. The Labute approximate surface area is 314 Å². The molecule has 0 aliphatic heterocycles. The Morgan fingerprint density at radius 2 is 1.00 bits per heavy atom. The Morgan fingerprint density at radius 3 is 1.73 bits per heavy atom. The zero-order valence-corrected chi connectivity index (χ0v) is 29.4. The summed E-state index contributed by atoms with van der Waals surface area (Å²) in [6.07, 6.45) is 10.4. The fourth-order valence-corrected chi connectivity index (χ4v) is 9.02. The highest BCUT2D eigenvalue weighted by Gasteiger charge is 2.30. The zero-order valence-electron chi connectivity index (χ0n) is 28.6. The number of nitrogens with zero attached hydrogens (tertiary/aromatic N) is 11. The normalized spacial score (nSPS) is 12.0. The van der Waals surface area contributed by atoms with Crippen LogP contribution in [0.2, 0.25) is 0 Å². The first-order chi connectivity index (χ1) is 27.3. The molecule has 0 saturated carbocycles. The lowest BCUT2D eigenvalue weighted by molar-refractivity contribution is 0.942. The third-order valence-corrected chi connectivity index (χ3v) is 11.2. The maximum Gasteiger partial charge on any atom is 0.240 e. The van der Waals surface area contributed by atoms with Crippen molar-refractivity contribution in [2.24, 2.45) is 0 Å². The molecule has 0 radical (unpaired) electrons. The van der Waals surface area contributed by atoms with Gasteiger partial charge in [-0.05, 0) is 11.5 Å². The molecule has 0 fully saturated rings. The summed E-state index contributed by atoms with van der Waals surface area (Å²) in [6.45, 7) is 0. The molecule has 7 heterocycles. The van der Waals surface area contributed by atoms with E-state index in [1.165, 1.54) is 0 Å². The largest absolute Gasteiger partial charge is 0.290 e. The van der Waals surface area contributed by atoms with E-state index in [0.29, 0.717) is 34.4 Å². The first kappa shape index (κ1) is 29.9. The van der Waals surface area contributed by atoms with Crippen molar-refractivity contribution in [3.05, 3.63) is 140 Å². The van der Waals surface area contributed by atoms with Gasteiger partial charge in [0.25, 0.3) is 0 Å². The van der Waals surface area contributed by atoms with E-state index in [4.69, 9.17) is 44.9 Å². The van der Waals surface area contributed by atoms with Gasteiger partial charge in [0, 0.05) is 69.9 Å². The van der Waals surface area contributed by atoms with Crippen molar-refractivity contribution in [2.45, 2.75) is 0 Å². The number of aromatic nitrogens is 11. The molecule has 12 aromatic rings. The topological polar surface area (TPSA) is 126 Å². The van der Waals surface area contributed by atoms with Crippen molar-refractivity contribution < 1.29 is 0 Å². The van der Waals surface area contributed by atoms with Crippen molar-refractivity contribution in [1.29, 1.82) is 0 Å². The molecule has 0 spiro atoms. The van der Waals surface area contributed by atoms with Gasteiger partial charge in [-0.1, -0.05) is 97.1 Å². The van der Waals surface area contributed by atoms with Crippen LogP contribution in [0.3, 0.4) is 0 Å². The number of thiophene rings is 1. The van der Waals surface area contributed by atoms with E-state index >= 15 is 0 Å². The summed E-state index contributed by atoms with van der Waals surface area (Å²) in [7, 11) is 0. The molecular weight excluding hydrogens is 703 g/mol. The highest BCUT2D eigenvalue weighted by Crippen LogP contribution is 2.49. The molecule has 12 rings (SSSR count). The maximum absolute atomic E-state index is 5.22. The quantitative estimate of drug-likeness (QED) is 0.174. The summed E-state index contributed by atoms with van der Waals surface area (Å²) in [5, 5.41) is 4.90. The molecule has 0 amide bonds. The van der Waals surface area contributed by atoms with Gasteiger partial charge < -0.3 is 0 Å². The lowest BCUT2D eigenvalue weighted by atomic mass is 10.1. The van der Waals surface area contributed by atoms with Crippen LogP contribution >= 0.6 is 11.3 Å². The molecule has 7 aromatic heterocycles. The maximum atomic E-state index is 5.22. The van der Waals surface area contributed by atoms with Crippen molar-refractivity contribution in [3.63, 3.8) is 0 Å². The van der Waals surface area contributed by atoms with E-state index in [1.807, 2.05) is 65.2 Å². The Balaban J connectivity index is 1.36. The molecule has 11 nitrogen and oxygen atoms in total. The third kappa shape index (κ3) is 4.27. The predicted octanol–water partition coefficient (Wildman–Crippen LogP) is 9.29. The van der Waals surface area contributed by atoms with E-state index < -0.39 is 0 Å². The molecule has 55 heavy (non-hydrogen) atoms. The van der Waals surface area contributed by atoms with E-state index in [1.54, 1.807) is 48.5 Å². The molecule has 0 saturated heterocycles. The van der Waals surface area contributed by atoms with Gasteiger partial charge in [-0.25, -0.2) is 19.9 Å². The van der Waals surface area contributed by atoms with Crippen molar-refractivity contribution >= 4 is 86.7 Å². The van der Waals surface area contributed by atoms with E-state index in [2.05, 4.69) is 47.0 Å². The SMILES string of the molecule is c1ccc(-c2nc(-c3ccccc3)nc(-n3c4nccnc4c4c5sc6nccnc6c5c5c6nccnc6n(-c6cccc7ccccc67)c5c43)n2)cc1. The van der Waals surface area contributed by atoms with Crippen LogP contribution in [-0.4, -0.2) is 54.0 Å². The second kappa shape index (κ2) is 11.5. The first-order valence-electron chi connectivity index (χ1n) is 17.6. The fourth-order valence-electron chi connectivity index (χ4n) is 7.87. The van der Waals surface area contributed by atoms with Crippen LogP contribution in [0.25, 0.3) is 110 Å². The van der Waals surface area contributed by atoms with Gasteiger partial charge in [-0.3, -0.25) is 24.1 Å². The molecule has 0 N–H and O–H groups in total. The third-order valence-electron chi connectivity index (χ3n) is 10.1. The van der Waals surface area contributed by atoms with Crippen LogP contribution in [0.15, 0.2) is 140 Å². The summed E-state index contributed by atoms with van der Waals surface area (Å²) in [5.41, 5.74) is 7.89. The molecule has 0 atom stereocenters. The molecule has 0 aliphatic rings. The van der Waals surface area contributed by atoms with Crippen molar-refractivity contribution in [1.82, 2.24) is 54.0 Å². The highest BCUT2D eigenvalue weighted by molar-refractivity contribution is 7.26. The van der Waals surface area contributed by atoms with Gasteiger partial charge in [0.1, 0.15) is 21.4 Å². The number of fused-ring (bicyclic) bond motifs is 13. The standard InChI is InChI=1S/C43H23N11S/c1-3-11-25(12-4-1)38-50-39(26-13-5-2-6-14-26)52-43(51-38)54-36-31(33-41(54)48-22-19-45-33)37-30(34-42(55-37)49-23-20-46-34)29-32-40(47-21-18-44-32)53(35(29)36)28-17-9-15-24-10-7-8-16-27(24)28/h1-23H. The zero-order chi connectivity index (χ0) is 36.0. The summed E-state index contributed by atoms with van der Waals surface area (Å²) >= 11 is 1.58. The molecule has 0 unspecified atom stereocenters. The fraction of sp³-hybridized carbons (Fsp3) is 0. The van der Waals surface area contributed by atoms with E-state index in [0.717, 1.165) is 75.3 Å². The Kier molecular flexibility index (Phi) is 6.24. The predicted molar refractivity (Wildman–Crippen MR) is 217 cm³/mol. The van der Waals surface area contributed by atoms with Crippen LogP contribution in [0.1, 0.15) is 0 Å². The van der Waals surface area contributed by atoms with Gasteiger partial charge in [0.15, 0.2) is 22.9 Å². The summed E-state index contributed by atoms with van der Waals surface area (Å²) < 4.78 is 5.22. The average molecular weight is 726 g/mol. The minimum atomic E-state index is 0.405. The summed E-state index contributed by atoms with van der Waals surface area (Å²) in [4.78, 5) is 46.1. The first-order valence-corrected chi connectivity index (χ1v) is 18.4. The van der Waals surface area contributed by atoms with E-state index in [9.17, 15) is 0 Å². The monoisotopic (exact) mass is 725 g/mol. The lowest BCUT2D eigenvalue weighted by Gasteiger charge is -2.14. The van der Waals surface area contributed by atoms with Crippen LogP contribution in [0.4, 0.5) is 0 Å². The number of hydrogen-bond donors (Lipinski definition) is 0. The van der Waals surface area contributed by atoms with Gasteiger partial charge in [0.2, 0.25) is 5.95 Å². The van der Waals surface area contributed by atoms with Gasteiger partial charge in [-0.2, -0.15) is 9.97 Å². The van der Waals surface area contributed by atoms with E-state index in [-0.39, 0.29) is 0 Å². The summed E-state index contributed by atoms with van der Waals surface area (Å²) in [5.74, 6) is 1.48. The Bertz CT molecular complexity index is 3440. The number of hydrogen-bond acceptors (Lipinski definition) is 10. The number of benzene rings is 5. The molecule has 256 valence electrons. The van der Waals surface area contributed by atoms with Crippen molar-refractivity contribution in [2.75, 3.05) is 0 Å². The van der Waals surface area contributed by atoms with Crippen LogP contribution in [0.5, 0.6) is 0 Å². The Hall–Kier alpha value is -7.57. The van der Waals surface area contributed by atoms with Gasteiger partial charge in [0.05, 0.1) is 21.4 Å². The average Bonchev–Trinajstić information content (AvgIpc) is 3.92. The molecule has 5 aromatic carbocycles. The molecular formula is C43H23N11S. The van der Waals surface area contributed by atoms with Crippen molar-refractivity contribution in [3.8, 4) is 34.4 Å². The lowest BCUT2D eigenvalue weighted by Crippen LogP contribution is -2.08. The van der Waals surface area contributed by atoms with Gasteiger partial charge in [-0.15, -0.1) is 11.3 Å². The number of rotatable bonds is 4. The van der Waals surface area contributed by atoms with Gasteiger partial charge >= 0.3 is 0 Å². The van der Waals surface area contributed by atoms with Crippen LogP contribution in [0, 0.1) is 0 Å². The molecule has 0 bridgehead atoms. The smallest absolute Gasteiger partial charge is 0.240 e. The highest BCUT2D eigenvalue weighted by atomic mass is 32.1. The molecule has 0 aliphatic carbocycles. The molecule has 12 heteroatoms.